The predicted octanol–water partition coefficient (Wildman–Crippen LogP) is 2.92. The average molecular weight is 208 g/mol. The second-order valence-corrected chi connectivity index (χ2v) is 4.85. The van der Waals surface area contributed by atoms with Crippen LogP contribution in [0.1, 0.15) is 46.0 Å². The molecule has 15 heavy (non-hydrogen) atoms. The number of ketones is 2. The van der Waals surface area contributed by atoms with E-state index in [0.29, 0.717) is 31.6 Å². The second-order valence-electron chi connectivity index (χ2n) is 4.85. The minimum atomic E-state index is -0.664. The molecule has 0 aromatic carbocycles. The van der Waals surface area contributed by atoms with E-state index in [1.807, 2.05) is 0 Å². The minimum absolute atomic E-state index is 0.156. The van der Waals surface area contributed by atoms with Crippen molar-refractivity contribution in [2.75, 3.05) is 0 Å². The van der Waals surface area contributed by atoms with Crippen molar-refractivity contribution >= 4 is 11.6 Å². The van der Waals surface area contributed by atoms with Crippen molar-refractivity contribution in [1.29, 1.82) is 0 Å². The highest BCUT2D eigenvalue weighted by molar-refractivity contribution is 6.12. The molecule has 1 aliphatic carbocycles. The first-order valence-electron chi connectivity index (χ1n) is 5.70. The molecule has 0 atom stereocenters. The molecule has 1 fully saturated rings. The fourth-order valence-corrected chi connectivity index (χ4v) is 2.52. The van der Waals surface area contributed by atoms with Crippen molar-refractivity contribution in [2.45, 2.75) is 46.0 Å². The van der Waals surface area contributed by atoms with E-state index >= 15 is 0 Å². The van der Waals surface area contributed by atoms with E-state index in [1.165, 1.54) is 0 Å². The zero-order valence-corrected chi connectivity index (χ0v) is 9.71. The number of hydrogen-bond donors (Lipinski definition) is 0. The molecule has 1 aliphatic rings. The lowest BCUT2D eigenvalue weighted by Gasteiger charge is -2.27. The van der Waals surface area contributed by atoms with Crippen molar-refractivity contribution in [1.82, 2.24) is 0 Å². The predicted molar refractivity (Wildman–Crippen MR) is 60.6 cm³/mol. The SMILES string of the molecule is C=CCCC1(CC(C)C)C(=O)CCC1=O. The van der Waals surface area contributed by atoms with Gasteiger partial charge in [-0.3, -0.25) is 9.59 Å². The van der Waals surface area contributed by atoms with Crippen LogP contribution in [-0.4, -0.2) is 11.6 Å². The van der Waals surface area contributed by atoms with Gasteiger partial charge in [0.2, 0.25) is 0 Å². The van der Waals surface area contributed by atoms with Gasteiger partial charge in [0.15, 0.2) is 0 Å². The van der Waals surface area contributed by atoms with Crippen LogP contribution in [0.2, 0.25) is 0 Å². The summed E-state index contributed by atoms with van der Waals surface area (Å²) in [5.74, 6) is 0.701. The summed E-state index contributed by atoms with van der Waals surface area (Å²) in [6.45, 7) is 7.79. The molecular weight excluding hydrogens is 188 g/mol. The highest BCUT2D eigenvalue weighted by atomic mass is 16.2. The topological polar surface area (TPSA) is 34.1 Å². The maximum atomic E-state index is 11.9. The second kappa shape index (κ2) is 4.73. The maximum absolute atomic E-state index is 11.9. The van der Waals surface area contributed by atoms with Crippen molar-refractivity contribution < 1.29 is 9.59 Å². The quantitative estimate of drug-likeness (QED) is 0.514. The van der Waals surface area contributed by atoms with Crippen LogP contribution in [0.3, 0.4) is 0 Å². The standard InChI is InChI=1S/C13H20O2/c1-4-5-8-13(9-10(2)3)11(14)6-7-12(13)15/h4,10H,1,5-9H2,2-3H3. The van der Waals surface area contributed by atoms with E-state index < -0.39 is 5.41 Å². The average Bonchev–Trinajstić information content (AvgIpc) is 2.43. The van der Waals surface area contributed by atoms with Gasteiger partial charge in [-0.25, -0.2) is 0 Å². The number of Topliss-reactive ketones (excluding diaryl/α,β-unsaturated/α-hetero) is 2. The van der Waals surface area contributed by atoms with Crippen LogP contribution in [0.25, 0.3) is 0 Å². The van der Waals surface area contributed by atoms with Gasteiger partial charge in [0.25, 0.3) is 0 Å². The van der Waals surface area contributed by atoms with E-state index in [4.69, 9.17) is 0 Å². The molecule has 84 valence electrons. The van der Waals surface area contributed by atoms with Gasteiger partial charge in [0.1, 0.15) is 11.6 Å². The lowest BCUT2D eigenvalue weighted by molar-refractivity contribution is -0.136. The molecular formula is C13H20O2. The minimum Gasteiger partial charge on any atom is -0.299 e. The lowest BCUT2D eigenvalue weighted by atomic mass is 9.73. The summed E-state index contributed by atoms with van der Waals surface area (Å²) in [5, 5.41) is 0. The van der Waals surface area contributed by atoms with E-state index in [0.717, 1.165) is 6.42 Å². The molecule has 0 bridgehead atoms. The number of rotatable bonds is 5. The van der Waals surface area contributed by atoms with Gasteiger partial charge in [0, 0.05) is 12.8 Å². The Morgan fingerprint density at radius 2 is 1.87 bits per heavy atom. The van der Waals surface area contributed by atoms with Gasteiger partial charge in [-0.05, 0) is 25.2 Å². The first-order valence-corrected chi connectivity index (χ1v) is 5.70. The lowest BCUT2D eigenvalue weighted by Crippen LogP contribution is -2.34. The maximum Gasteiger partial charge on any atom is 0.146 e. The largest absolute Gasteiger partial charge is 0.299 e. The first kappa shape index (κ1) is 12.2. The monoisotopic (exact) mass is 208 g/mol. The third kappa shape index (κ3) is 2.36. The Hall–Kier alpha value is -0.920. The summed E-state index contributed by atoms with van der Waals surface area (Å²) in [6, 6.07) is 0. The van der Waals surface area contributed by atoms with E-state index in [-0.39, 0.29) is 11.6 Å². The summed E-state index contributed by atoms with van der Waals surface area (Å²) < 4.78 is 0. The summed E-state index contributed by atoms with van der Waals surface area (Å²) in [4.78, 5) is 23.8. The zero-order chi connectivity index (χ0) is 11.5. The highest BCUT2D eigenvalue weighted by Crippen LogP contribution is 2.41. The highest BCUT2D eigenvalue weighted by Gasteiger charge is 2.48. The molecule has 0 N–H and O–H groups in total. The van der Waals surface area contributed by atoms with Gasteiger partial charge < -0.3 is 0 Å². The molecule has 2 nitrogen and oxygen atoms in total. The summed E-state index contributed by atoms with van der Waals surface area (Å²) in [5.41, 5.74) is -0.664. The third-order valence-electron chi connectivity index (χ3n) is 3.18. The van der Waals surface area contributed by atoms with Crippen molar-refractivity contribution in [2.24, 2.45) is 11.3 Å². The van der Waals surface area contributed by atoms with Crippen LogP contribution in [0, 0.1) is 11.3 Å². The molecule has 0 aromatic heterocycles. The molecule has 0 saturated heterocycles. The molecule has 0 aromatic rings. The Bertz CT molecular complexity index is 260. The van der Waals surface area contributed by atoms with Crippen molar-refractivity contribution in [3.05, 3.63) is 12.7 Å². The fraction of sp³-hybridized carbons (Fsp3) is 0.692. The van der Waals surface area contributed by atoms with Gasteiger partial charge in [-0.2, -0.15) is 0 Å². The normalized spacial score (nSPS) is 19.9. The molecule has 0 amide bonds. The zero-order valence-electron chi connectivity index (χ0n) is 9.71. The summed E-state index contributed by atoms with van der Waals surface area (Å²) >= 11 is 0. The molecule has 1 rings (SSSR count). The Morgan fingerprint density at radius 1 is 1.33 bits per heavy atom. The summed E-state index contributed by atoms with van der Waals surface area (Å²) in [6.07, 6.45) is 4.81. The molecule has 0 radical (unpaired) electrons. The van der Waals surface area contributed by atoms with Gasteiger partial charge in [-0.1, -0.05) is 19.9 Å². The van der Waals surface area contributed by atoms with Crippen LogP contribution >= 0.6 is 0 Å². The molecule has 1 saturated carbocycles. The number of hydrogen-bond acceptors (Lipinski definition) is 2. The first-order chi connectivity index (χ1) is 7.03. The van der Waals surface area contributed by atoms with Crippen LogP contribution in [-0.2, 0) is 9.59 Å². The number of allylic oxidation sites excluding steroid dienone is 1. The van der Waals surface area contributed by atoms with E-state index in [1.54, 1.807) is 6.08 Å². The number of carbonyl (C=O) groups excluding carboxylic acids is 2. The third-order valence-corrected chi connectivity index (χ3v) is 3.18. The Kier molecular flexibility index (Phi) is 3.83. The van der Waals surface area contributed by atoms with Crippen LogP contribution in [0.15, 0.2) is 12.7 Å². The molecule has 0 spiro atoms. The van der Waals surface area contributed by atoms with Crippen molar-refractivity contribution in [3.63, 3.8) is 0 Å². The van der Waals surface area contributed by atoms with E-state index in [9.17, 15) is 9.59 Å². The molecule has 0 unspecified atom stereocenters. The van der Waals surface area contributed by atoms with Gasteiger partial charge in [0.05, 0.1) is 5.41 Å². The Labute approximate surface area is 91.7 Å². The van der Waals surface area contributed by atoms with Crippen LogP contribution in [0.4, 0.5) is 0 Å². The fourth-order valence-electron chi connectivity index (χ4n) is 2.52. The molecule has 2 heteroatoms. The molecule has 0 aliphatic heterocycles. The van der Waals surface area contributed by atoms with Gasteiger partial charge >= 0.3 is 0 Å². The summed E-state index contributed by atoms with van der Waals surface area (Å²) in [7, 11) is 0. The number of carbonyl (C=O) groups is 2. The smallest absolute Gasteiger partial charge is 0.146 e. The molecule has 0 heterocycles. The van der Waals surface area contributed by atoms with Gasteiger partial charge in [-0.15, -0.1) is 6.58 Å². The van der Waals surface area contributed by atoms with Crippen LogP contribution in [0.5, 0.6) is 0 Å². The Balaban J connectivity index is 2.88. The van der Waals surface area contributed by atoms with Crippen molar-refractivity contribution in [3.8, 4) is 0 Å². The van der Waals surface area contributed by atoms with E-state index in [2.05, 4.69) is 20.4 Å². The Morgan fingerprint density at radius 3 is 2.27 bits per heavy atom. The van der Waals surface area contributed by atoms with Crippen LogP contribution < -0.4 is 0 Å².